The predicted molar refractivity (Wildman–Crippen MR) is 65.9 cm³/mol. The highest BCUT2D eigenvalue weighted by atomic mass is 16.4. The molecule has 0 amide bonds. The van der Waals surface area contributed by atoms with E-state index in [4.69, 9.17) is 10.9 Å². The summed E-state index contributed by atoms with van der Waals surface area (Å²) >= 11 is 0. The summed E-state index contributed by atoms with van der Waals surface area (Å²) in [7, 11) is 2.10. The quantitative estimate of drug-likeness (QED) is 0.355. The van der Waals surface area contributed by atoms with Gasteiger partial charge >= 0.3 is 0 Å². The molecule has 1 aliphatic carbocycles. The molecule has 0 bridgehead atoms. The van der Waals surface area contributed by atoms with E-state index in [9.17, 15) is 0 Å². The zero-order chi connectivity index (χ0) is 12.3. The topological polar surface area (TPSA) is 74.7 Å². The van der Waals surface area contributed by atoms with Crippen LogP contribution in [0.3, 0.4) is 0 Å². The molecule has 1 heterocycles. The number of aromatic nitrogens is 1. The standard InChI is InChI=1S/C12H18N4O/c1-16(10-5-2-6-10)8-9-4-3-7-14-11(9)12(13)15-17/h3-4,7,10,17H,2,5-6,8H2,1H3,(H2,13,15). The smallest absolute Gasteiger partial charge is 0.189 e. The molecule has 92 valence electrons. The number of oxime groups is 1. The molecule has 1 aromatic heterocycles. The summed E-state index contributed by atoms with van der Waals surface area (Å²) in [4.78, 5) is 6.46. The van der Waals surface area contributed by atoms with Crippen molar-refractivity contribution in [3.8, 4) is 0 Å². The van der Waals surface area contributed by atoms with Gasteiger partial charge in [-0.1, -0.05) is 17.6 Å². The number of rotatable bonds is 4. The zero-order valence-corrected chi connectivity index (χ0v) is 10.0. The Morgan fingerprint density at radius 2 is 2.41 bits per heavy atom. The van der Waals surface area contributed by atoms with Crippen molar-refractivity contribution in [2.45, 2.75) is 31.8 Å². The van der Waals surface area contributed by atoms with Gasteiger partial charge < -0.3 is 10.9 Å². The third-order valence-electron chi connectivity index (χ3n) is 3.36. The van der Waals surface area contributed by atoms with E-state index in [-0.39, 0.29) is 5.84 Å². The maximum atomic E-state index is 8.72. The van der Waals surface area contributed by atoms with Gasteiger partial charge in [-0.2, -0.15) is 0 Å². The average molecular weight is 234 g/mol. The van der Waals surface area contributed by atoms with Gasteiger partial charge in [0.25, 0.3) is 0 Å². The first-order valence-corrected chi connectivity index (χ1v) is 5.84. The summed E-state index contributed by atoms with van der Waals surface area (Å²) in [5.41, 5.74) is 7.18. The van der Waals surface area contributed by atoms with Crippen molar-refractivity contribution in [3.63, 3.8) is 0 Å². The first-order valence-electron chi connectivity index (χ1n) is 5.84. The summed E-state index contributed by atoms with van der Waals surface area (Å²) in [6.07, 6.45) is 5.49. The minimum absolute atomic E-state index is 0.0719. The molecule has 0 aliphatic heterocycles. The van der Waals surface area contributed by atoms with Crippen LogP contribution in [-0.4, -0.2) is 34.0 Å². The van der Waals surface area contributed by atoms with Crippen molar-refractivity contribution < 1.29 is 5.21 Å². The highest BCUT2D eigenvalue weighted by Crippen LogP contribution is 2.25. The molecular formula is C12H18N4O. The van der Waals surface area contributed by atoms with Crippen LogP contribution in [0.5, 0.6) is 0 Å². The molecule has 1 saturated carbocycles. The Hall–Kier alpha value is -1.62. The first kappa shape index (κ1) is 11.9. The van der Waals surface area contributed by atoms with Crippen molar-refractivity contribution in [3.05, 3.63) is 29.6 Å². The Bertz CT molecular complexity index is 415. The van der Waals surface area contributed by atoms with E-state index in [2.05, 4.69) is 22.1 Å². The molecule has 5 heteroatoms. The van der Waals surface area contributed by atoms with Gasteiger partial charge in [0.05, 0.1) is 0 Å². The van der Waals surface area contributed by atoms with Crippen LogP contribution in [0.2, 0.25) is 0 Å². The Morgan fingerprint density at radius 1 is 1.65 bits per heavy atom. The summed E-state index contributed by atoms with van der Waals surface area (Å²) in [6.45, 7) is 0.782. The Morgan fingerprint density at radius 3 is 3.00 bits per heavy atom. The molecule has 1 aliphatic rings. The molecule has 3 N–H and O–H groups in total. The molecular weight excluding hydrogens is 216 g/mol. The van der Waals surface area contributed by atoms with E-state index < -0.39 is 0 Å². The maximum absolute atomic E-state index is 8.72. The van der Waals surface area contributed by atoms with E-state index in [0.29, 0.717) is 11.7 Å². The lowest BCUT2D eigenvalue weighted by Gasteiger charge is -2.34. The van der Waals surface area contributed by atoms with E-state index in [0.717, 1.165) is 12.1 Å². The fourth-order valence-corrected chi connectivity index (χ4v) is 2.07. The number of hydrogen-bond donors (Lipinski definition) is 2. The Kier molecular flexibility index (Phi) is 3.58. The van der Waals surface area contributed by atoms with Gasteiger partial charge in [-0.3, -0.25) is 9.88 Å². The van der Waals surface area contributed by atoms with Gasteiger partial charge in [0.1, 0.15) is 5.69 Å². The second-order valence-electron chi connectivity index (χ2n) is 4.50. The van der Waals surface area contributed by atoms with E-state index in [1.165, 1.54) is 19.3 Å². The van der Waals surface area contributed by atoms with Crippen LogP contribution in [0.4, 0.5) is 0 Å². The van der Waals surface area contributed by atoms with Crippen molar-refractivity contribution in [2.75, 3.05) is 7.05 Å². The van der Waals surface area contributed by atoms with Gasteiger partial charge in [-0.05, 0) is 31.5 Å². The molecule has 0 aromatic carbocycles. The normalized spacial score (nSPS) is 17.2. The van der Waals surface area contributed by atoms with Gasteiger partial charge in [-0.15, -0.1) is 0 Å². The van der Waals surface area contributed by atoms with E-state index in [1.54, 1.807) is 6.20 Å². The molecule has 17 heavy (non-hydrogen) atoms. The Balaban J connectivity index is 2.14. The SMILES string of the molecule is CN(Cc1cccnc1/C(N)=N/O)C1CCC1. The second-order valence-corrected chi connectivity index (χ2v) is 4.50. The lowest BCUT2D eigenvalue weighted by Crippen LogP contribution is -2.37. The Labute approximate surface area is 101 Å². The number of nitrogens with zero attached hydrogens (tertiary/aromatic N) is 3. The second kappa shape index (κ2) is 5.14. The molecule has 1 aromatic rings. The molecule has 2 rings (SSSR count). The largest absolute Gasteiger partial charge is 0.409 e. The maximum Gasteiger partial charge on any atom is 0.189 e. The monoisotopic (exact) mass is 234 g/mol. The summed E-state index contributed by atoms with van der Waals surface area (Å²) < 4.78 is 0. The number of hydrogen-bond acceptors (Lipinski definition) is 4. The van der Waals surface area contributed by atoms with Crippen LogP contribution in [0.15, 0.2) is 23.5 Å². The first-order chi connectivity index (χ1) is 8.22. The summed E-state index contributed by atoms with van der Waals surface area (Å²) in [6, 6.07) is 4.50. The van der Waals surface area contributed by atoms with E-state index >= 15 is 0 Å². The van der Waals surface area contributed by atoms with Crippen molar-refractivity contribution in [2.24, 2.45) is 10.9 Å². The third-order valence-corrected chi connectivity index (χ3v) is 3.36. The molecule has 0 atom stereocenters. The van der Waals surface area contributed by atoms with Crippen molar-refractivity contribution in [1.29, 1.82) is 0 Å². The lowest BCUT2D eigenvalue weighted by molar-refractivity contribution is 0.152. The van der Waals surface area contributed by atoms with Crippen molar-refractivity contribution in [1.82, 2.24) is 9.88 Å². The van der Waals surface area contributed by atoms with Gasteiger partial charge in [0.2, 0.25) is 0 Å². The van der Waals surface area contributed by atoms with Crippen LogP contribution in [0.25, 0.3) is 0 Å². The molecule has 0 spiro atoms. The van der Waals surface area contributed by atoms with Gasteiger partial charge in [0.15, 0.2) is 5.84 Å². The lowest BCUT2D eigenvalue weighted by atomic mass is 9.91. The van der Waals surface area contributed by atoms with Crippen molar-refractivity contribution >= 4 is 5.84 Å². The van der Waals surface area contributed by atoms with Crippen LogP contribution in [-0.2, 0) is 6.54 Å². The molecule has 5 nitrogen and oxygen atoms in total. The minimum atomic E-state index is 0.0719. The van der Waals surface area contributed by atoms with E-state index in [1.807, 2.05) is 12.1 Å². The van der Waals surface area contributed by atoms with Crippen LogP contribution in [0, 0.1) is 0 Å². The van der Waals surface area contributed by atoms with Crippen LogP contribution >= 0.6 is 0 Å². The van der Waals surface area contributed by atoms with Crippen LogP contribution in [0.1, 0.15) is 30.5 Å². The predicted octanol–water partition coefficient (Wildman–Crippen LogP) is 1.16. The summed E-state index contributed by atoms with van der Waals surface area (Å²) in [5, 5.41) is 11.7. The molecule has 0 radical (unpaired) electrons. The summed E-state index contributed by atoms with van der Waals surface area (Å²) in [5.74, 6) is 0.0719. The highest BCUT2D eigenvalue weighted by Gasteiger charge is 2.22. The highest BCUT2D eigenvalue weighted by molar-refractivity contribution is 5.96. The van der Waals surface area contributed by atoms with Gasteiger partial charge in [-0.25, -0.2) is 0 Å². The fraction of sp³-hybridized carbons (Fsp3) is 0.500. The average Bonchev–Trinajstić information content (AvgIpc) is 2.26. The number of pyridine rings is 1. The fourth-order valence-electron chi connectivity index (χ4n) is 2.07. The third kappa shape index (κ3) is 2.55. The minimum Gasteiger partial charge on any atom is -0.409 e. The van der Waals surface area contributed by atoms with Crippen LogP contribution < -0.4 is 5.73 Å². The molecule has 0 unspecified atom stereocenters. The zero-order valence-electron chi connectivity index (χ0n) is 10.0. The number of nitrogens with two attached hydrogens (primary N) is 1. The number of amidine groups is 1. The molecule has 1 fully saturated rings. The van der Waals surface area contributed by atoms with Gasteiger partial charge in [0, 0.05) is 18.8 Å². The molecule has 0 saturated heterocycles.